The molecule has 2 rings (SSSR count). The summed E-state index contributed by atoms with van der Waals surface area (Å²) in [7, 11) is 0. The van der Waals surface area contributed by atoms with E-state index in [1.807, 2.05) is 11.3 Å². The zero-order valence-electron chi connectivity index (χ0n) is 8.97. The molecule has 0 radical (unpaired) electrons. The van der Waals surface area contributed by atoms with E-state index in [9.17, 15) is 0 Å². The first kappa shape index (κ1) is 10.1. The molecule has 1 aliphatic rings. The second-order valence-corrected chi connectivity index (χ2v) is 5.11. The minimum absolute atomic E-state index is 0.734. The van der Waals surface area contributed by atoms with Gasteiger partial charge in [0, 0.05) is 17.3 Å². The lowest BCUT2D eigenvalue weighted by atomic mass is 10.1. The first-order valence-corrected chi connectivity index (χ1v) is 6.29. The van der Waals surface area contributed by atoms with Crippen molar-refractivity contribution in [2.75, 3.05) is 13.1 Å². The van der Waals surface area contributed by atoms with E-state index in [0.717, 1.165) is 18.9 Å². The predicted octanol–water partition coefficient (Wildman–Crippen LogP) is 2.48. The van der Waals surface area contributed by atoms with Gasteiger partial charge in [0.2, 0.25) is 0 Å². The molecule has 1 N–H and O–H groups in total. The topological polar surface area (TPSA) is 24.9 Å². The van der Waals surface area contributed by atoms with E-state index >= 15 is 0 Å². The molecule has 1 aliphatic heterocycles. The first-order chi connectivity index (χ1) is 6.81. The van der Waals surface area contributed by atoms with Crippen molar-refractivity contribution in [1.82, 2.24) is 10.3 Å². The van der Waals surface area contributed by atoms with E-state index in [4.69, 9.17) is 0 Å². The van der Waals surface area contributed by atoms with Gasteiger partial charge in [0.1, 0.15) is 0 Å². The van der Waals surface area contributed by atoms with Crippen molar-refractivity contribution >= 4 is 11.3 Å². The summed E-state index contributed by atoms with van der Waals surface area (Å²) in [6, 6.07) is 0. The maximum atomic E-state index is 4.64. The van der Waals surface area contributed by atoms with Crippen LogP contribution in [0.15, 0.2) is 0 Å². The highest BCUT2D eigenvalue weighted by Gasteiger charge is 2.21. The molecular weight excluding hydrogens is 192 g/mol. The molecule has 1 saturated heterocycles. The molecule has 0 bridgehead atoms. The molecule has 1 aromatic heterocycles. The molecule has 0 aliphatic carbocycles. The molecule has 0 aromatic carbocycles. The average molecular weight is 210 g/mol. The van der Waals surface area contributed by atoms with Crippen LogP contribution in [0.2, 0.25) is 0 Å². The van der Waals surface area contributed by atoms with Gasteiger partial charge in [0.25, 0.3) is 0 Å². The highest BCUT2D eigenvalue weighted by molar-refractivity contribution is 7.11. The molecule has 14 heavy (non-hydrogen) atoms. The largest absolute Gasteiger partial charge is 0.316 e. The van der Waals surface area contributed by atoms with Crippen LogP contribution in [0.1, 0.15) is 41.3 Å². The molecule has 1 aromatic rings. The van der Waals surface area contributed by atoms with Gasteiger partial charge in [-0.15, -0.1) is 11.3 Å². The Morgan fingerprint density at radius 3 is 3.07 bits per heavy atom. The quantitative estimate of drug-likeness (QED) is 0.829. The number of thiazole rings is 1. The Balaban J connectivity index is 2.15. The number of aromatic nitrogens is 1. The summed E-state index contributed by atoms with van der Waals surface area (Å²) < 4.78 is 0. The van der Waals surface area contributed by atoms with Crippen LogP contribution < -0.4 is 5.32 Å². The number of hydrogen-bond acceptors (Lipinski definition) is 3. The van der Waals surface area contributed by atoms with Crippen molar-refractivity contribution in [2.24, 2.45) is 0 Å². The fraction of sp³-hybridized carbons (Fsp3) is 0.727. The van der Waals surface area contributed by atoms with Crippen molar-refractivity contribution in [3.63, 3.8) is 0 Å². The van der Waals surface area contributed by atoms with E-state index in [-0.39, 0.29) is 0 Å². The van der Waals surface area contributed by atoms with E-state index in [1.54, 1.807) is 0 Å². The van der Waals surface area contributed by atoms with Crippen LogP contribution in [-0.4, -0.2) is 18.1 Å². The highest BCUT2D eigenvalue weighted by Crippen LogP contribution is 2.31. The van der Waals surface area contributed by atoms with Crippen LogP contribution in [0.25, 0.3) is 0 Å². The normalized spacial score (nSPS) is 21.7. The third-order valence-corrected chi connectivity index (χ3v) is 4.15. The van der Waals surface area contributed by atoms with Crippen molar-refractivity contribution in [2.45, 2.75) is 39.0 Å². The minimum atomic E-state index is 0.734. The standard InChI is InChI=1S/C11H18N2S/c1-3-4-10-13-8(2)11(14-10)9-5-6-12-7-9/h9,12H,3-7H2,1-2H3. The first-order valence-electron chi connectivity index (χ1n) is 5.48. The number of rotatable bonds is 3. The van der Waals surface area contributed by atoms with Gasteiger partial charge < -0.3 is 5.32 Å². The fourth-order valence-corrected chi connectivity index (χ4v) is 3.35. The molecule has 0 spiro atoms. The molecule has 1 fully saturated rings. The fourth-order valence-electron chi connectivity index (χ4n) is 2.04. The van der Waals surface area contributed by atoms with Crippen molar-refractivity contribution in [3.05, 3.63) is 15.6 Å². The van der Waals surface area contributed by atoms with Gasteiger partial charge in [-0.25, -0.2) is 4.98 Å². The zero-order chi connectivity index (χ0) is 9.97. The molecule has 2 nitrogen and oxygen atoms in total. The SMILES string of the molecule is CCCc1nc(C)c(C2CCNC2)s1. The van der Waals surface area contributed by atoms with E-state index in [2.05, 4.69) is 24.1 Å². The number of aryl methyl sites for hydroxylation is 2. The Bertz CT molecular complexity index is 300. The summed E-state index contributed by atoms with van der Waals surface area (Å²) in [4.78, 5) is 6.16. The van der Waals surface area contributed by atoms with Crippen LogP contribution in [0, 0.1) is 6.92 Å². The molecular formula is C11H18N2S. The number of hydrogen-bond donors (Lipinski definition) is 1. The molecule has 0 saturated carbocycles. The molecule has 3 heteroatoms. The van der Waals surface area contributed by atoms with Gasteiger partial charge in [-0.2, -0.15) is 0 Å². The lowest BCUT2D eigenvalue weighted by Gasteiger charge is -2.04. The average Bonchev–Trinajstić information content (AvgIpc) is 2.74. The maximum Gasteiger partial charge on any atom is 0.0930 e. The van der Waals surface area contributed by atoms with Crippen molar-refractivity contribution in [3.8, 4) is 0 Å². The molecule has 2 heterocycles. The third kappa shape index (κ3) is 1.98. The van der Waals surface area contributed by atoms with Gasteiger partial charge in [0.05, 0.1) is 10.7 Å². The van der Waals surface area contributed by atoms with E-state index in [1.165, 1.54) is 35.0 Å². The lowest BCUT2D eigenvalue weighted by molar-refractivity contribution is 0.769. The second-order valence-electron chi connectivity index (χ2n) is 4.00. The van der Waals surface area contributed by atoms with Crippen LogP contribution in [0.3, 0.4) is 0 Å². The van der Waals surface area contributed by atoms with Crippen molar-refractivity contribution in [1.29, 1.82) is 0 Å². The summed E-state index contributed by atoms with van der Waals surface area (Å²) >= 11 is 1.93. The summed E-state index contributed by atoms with van der Waals surface area (Å²) in [6.07, 6.45) is 3.63. The van der Waals surface area contributed by atoms with Gasteiger partial charge in [-0.05, 0) is 32.7 Å². The van der Waals surface area contributed by atoms with E-state index in [0.29, 0.717) is 0 Å². The number of nitrogens with zero attached hydrogens (tertiary/aromatic N) is 1. The smallest absolute Gasteiger partial charge is 0.0930 e. The molecule has 1 atom stereocenters. The van der Waals surface area contributed by atoms with E-state index < -0.39 is 0 Å². The zero-order valence-corrected chi connectivity index (χ0v) is 9.78. The van der Waals surface area contributed by atoms with Crippen LogP contribution in [0.5, 0.6) is 0 Å². The lowest BCUT2D eigenvalue weighted by Crippen LogP contribution is -2.07. The van der Waals surface area contributed by atoms with Crippen LogP contribution in [-0.2, 0) is 6.42 Å². The summed E-state index contributed by atoms with van der Waals surface area (Å²) in [6.45, 7) is 6.69. The van der Waals surface area contributed by atoms with Gasteiger partial charge in [-0.3, -0.25) is 0 Å². The van der Waals surface area contributed by atoms with Crippen molar-refractivity contribution < 1.29 is 0 Å². The molecule has 0 amide bonds. The molecule has 78 valence electrons. The van der Waals surface area contributed by atoms with Crippen LogP contribution >= 0.6 is 11.3 Å². The predicted molar refractivity (Wildman–Crippen MR) is 61.1 cm³/mol. The monoisotopic (exact) mass is 210 g/mol. The number of nitrogens with one attached hydrogen (secondary N) is 1. The Labute approximate surface area is 89.8 Å². The Morgan fingerprint density at radius 2 is 2.43 bits per heavy atom. The minimum Gasteiger partial charge on any atom is -0.316 e. The Hall–Kier alpha value is -0.410. The highest BCUT2D eigenvalue weighted by atomic mass is 32.1. The maximum absolute atomic E-state index is 4.64. The molecule has 1 unspecified atom stereocenters. The Morgan fingerprint density at radius 1 is 1.57 bits per heavy atom. The Kier molecular flexibility index (Phi) is 3.19. The third-order valence-electron chi connectivity index (χ3n) is 2.77. The summed E-state index contributed by atoms with van der Waals surface area (Å²) in [5.74, 6) is 0.734. The van der Waals surface area contributed by atoms with Gasteiger partial charge >= 0.3 is 0 Å². The van der Waals surface area contributed by atoms with Gasteiger partial charge in [0.15, 0.2) is 0 Å². The summed E-state index contributed by atoms with van der Waals surface area (Å²) in [5.41, 5.74) is 1.27. The second kappa shape index (κ2) is 4.41. The summed E-state index contributed by atoms with van der Waals surface area (Å²) in [5, 5.41) is 4.74. The van der Waals surface area contributed by atoms with Crippen LogP contribution in [0.4, 0.5) is 0 Å². The van der Waals surface area contributed by atoms with Gasteiger partial charge in [-0.1, -0.05) is 6.92 Å².